The van der Waals surface area contributed by atoms with Gasteiger partial charge >= 0.3 is 0 Å². The van der Waals surface area contributed by atoms with Gasteiger partial charge < -0.3 is 0 Å². The molecule has 0 saturated heterocycles. The second-order valence-corrected chi connectivity index (χ2v) is 3.45. The van der Waals surface area contributed by atoms with Crippen LogP contribution >= 0.6 is 0 Å². The summed E-state index contributed by atoms with van der Waals surface area (Å²) < 4.78 is 0. The Morgan fingerprint density at radius 2 is 1.69 bits per heavy atom. The molecular weight excluding hydrogens is 196 g/mol. The van der Waals surface area contributed by atoms with E-state index in [0.29, 0.717) is 0 Å². The molecule has 0 aliphatic carbocycles. The third-order valence-electron chi connectivity index (χ3n) is 2.08. The lowest BCUT2D eigenvalue weighted by Gasteiger charge is -1.95. The van der Waals surface area contributed by atoms with Crippen molar-refractivity contribution in [1.82, 2.24) is 9.97 Å². The van der Waals surface area contributed by atoms with Crippen LogP contribution in [0.5, 0.6) is 0 Å². The Labute approximate surface area is 97.4 Å². The van der Waals surface area contributed by atoms with Crippen LogP contribution in [0, 0.1) is 0 Å². The summed E-state index contributed by atoms with van der Waals surface area (Å²) in [6, 6.07) is 11.8. The van der Waals surface area contributed by atoms with E-state index < -0.39 is 0 Å². The van der Waals surface area contributed by atoms with E-state index in [2.05, 4.69) is 23.0 Å². The van der Waals surface area contributed by atoms with Gasteiger partial charge in [-0.1, -0.05) is 25.5 Å². The van der Waals surface area contributed by atoms with E-state index in [0.717, 1.165) is 6.42 Å². The van der Waals surface area contributed by atoms with Gasteiger partial charge in [-0.2, -0.15) is 0 Å². The highest BCUT2D eigenvalue weighted by Gasteiger charge is 1.89. The zero-order chi connectivity index (χ0) is 11.5. The second-order valence-electron chi connectivity index (χ2n) is 3.45. The third-order valence-corrected chi connectivity index (χ3v) is 2.08. The van der Waals surface area contributed by atoms with Gasteiger partial charge in [-0.15, -0.1) is 0 Å². The van der Waals surface area contributed by atoms with E-state index >= 15 is 0 Å². The Kier molecular flexibility index (Phi) is 6.65. The molecule has 2 heteroatoms. The van der Waals surface area contributed by atoms with Crippen LogP contribution in [0.4, 0.5) is 0 Å². The fraction of sp³-hybridized carbons (Fsp3) is 0.286. The fourth-order valence-corrected chi connectivity index (χ4v) is 1.22. The summed E-state index contributed by atoms with van der Waals surface area (Å²) in [5.74, 6) is 0. The predicted octanol–water partition coefficient (Wildman–Crippen LogP) is 3.51. The van der Waals surface area contributed by atoms with Crippen LogP contribution in [0.2, 0.25) is 0 Å². The van der Waals surface area contributed by atoms with Crippen LogP contribution in [0.3, 0.4) is 0 Å². The Morgan fingerprint density at radius 1 is 0.938 bits per heavy atom. The lowest BCUT2D eigenvalue weighted by molar-refractivity contribution is 0.777. The first-order valence-electron chi connectivity index (χ1n) is 5.68. The van der Waals surface area contributed by atoms with Crippen molar-refractivity contribution in [2.24, 2.45) is 0 Å². The third kappa shape index (κ3) is 5.91. The molecule has 2 aromatic heterocycles. The summed E-state index contributed by atoms with van der Waals surface area (Å²) in [4.78, 5) is 8.00. The van der Waals surface area contributed by atoms with Crippen LogP contribution < -0.4 is 0 Å². The molecule has 2 heterocycles. The summed E-state index contributed by atoms with van der Waals surface area (Å²) in [6.07, 6.45) is 8.97. The maximum absolute atomic E-state index is 4.22. The van der Waals surface area contributed by atoms with Gasteiger partial charge in [0.25, 0.3) is 0 Å². The van der Waals surface area contributed by atoms with Gasteiger partial charge in [0.1, 0.15) is 0 Å². The molecule has 2 rings (SSSR count). The molecule has 2 aromatic rings. The van der Waals surface area contributed by atoms with Gasteiger partial charge in [0.15, 0.2) is 0 Å². The Morgan fingerprint density at radius 3 is 2.12 bits per heavy atom. The number of rotatable bonds is 3. The molecule has 0 amide bonds. The van der Waals surface area contributed by atoms with Crippen molar-refractivity contribution in [2.75, 3.05) is 0 Å². The van der Waals surface area contributed by atoms with Gasteiger partial charge in [0, 0.05) is 24.3 Å². The molecule has 0 aromatic carbocycles. The van der Waals surface area contributed by atoms with E-state index in [9.17, 15) is 0 Å². The van der Waals surface area contributed by atoms with Gasteiger partial charge in [0.2, 0.25) is 0 Å². The molecule has 2 nitrogen and oxygen atoms in total. The number of hydrogen-bond acceptors (Lipinski definition) is 2. The summed E-state index contributed by atoms with van der Waals surface area (Å²) in [5, 5.41) is 0. The van der Waals surface area contributed by atoms with Crippen molar-refractivity contribution in [2.45, 2.75) is 26.2 Å². The van der Waals surface area contributed by atoms with E-state index in [1.54, 1.807) is 12.4 Å². The molecule has 0 aliphatic heterocycles. The van der Waals surface area contributed by atoms with E-state index in [4.69, 9.17) is 0 Å². The minimum atomic E-state index is 1.12. The van der Waals surface area contributed by atoms with Crippen molar-refractivity contribution < 1.29 is 0 Å². The fourth-order valence-electron chi connectivity index (χ4n) is 1.22. The zero-order valence-corrected chi connectivity index (χ0v) is 9.71. The molecule has 16 heavy (non-hydrogen) atoms. The number of unbranched alkanes of at least 4 members (excludes halogenated alkanes) is 1. The Hall–Kier alpha value is -1.70. The van der Waals surface area contributed by atoms with Crippen molar-refractivity contribution >= 4 is 0 Å². The average molecular weight is 214 g/mol. The molecule has 0 saturated carbocycles. The van der Waals surface area contributed by atoms with Crippen LogP contribution in [-0.2, 0) is 6.42 Å². The highest BCUT2D eigenvalue weighted by molar-refractivity contribution is 5.03. The largest absolute Gasteiger partial charge is 0.265 e. The maximum Gasteiger partial charge on any atom is 0.0403 e. The van der Waals surface area contributed by atoms with E-state index in [1.807, 2.05) is 36.5 Å². The van der Waals surface area contributed by atoms with E-state index in [-0.39, 0.29) is 0 Å². The number of hydrogen-bond donors (Lipinski definition) is 0. The summed E-state index contributed by atoms with van der Waals surface area (Å²) in [6.45, 7) is 2.20. The quantitative estimate of drug-likeness (QED) is 0.781. The average Bonchev–Trinajstić information content (AvgIpc) is 2.40. The van der Waals surface area contributed by atoms with Crippen LogP contribution in [0.15, 0.2) is 55.0 Å². The Balaban J connectivity index is 0.000000181. The standard InChI is InChI=1S/C9H13N.C5H5N/c1-2-3-6-9-7-4-5-8-10-9;1-2-4-6-5-3-1/h4-5,7-8H,2-3,6H2,1H3;1-5H. The van der Waals surface area contributed by atoms with Gasteiger partial charge in [-0.25, -0.2) is 0 Å². The molecule has 0 atom stereocenters. The van der Waals surface area contributed by atoms with Crippen LogP contribution in [-0.4, -0.2) is 9.97 Å². The van der Waals surface area contributed by atoms with Crippen molar-refractivity contribution in [3.05, 3.63) is 60.7 Å². The zero-order valence-electron chi connectivity index (χ0n) is 9.71. The first-order valence-corrected chi connectivity index (χ1v) is 5.68. The van der Waals surface area contributed by atoms with Crippen LogP contribution in [0.1, 0.15) is 25.5 Å². The maximum atomic E-state index is 4.22. The highest BCUT2D eigenvalue weighted by atomic mass is 14.7. The molecule has 0 fully saturated rings. The van der Waals surface area contributed by atoms with Crippen molar-refractivity contribution in [1.29, 1.82) is 0 Å². The molecule has 0 bridgehead atoms. The topological polar surface area (TPSA) is 25.8 Å². The first-order chi connectivity index (χ1) is 7.93. The smallest absolute Gasteiger partial charge is 0.0403 e. The SMILES string of the molecule is CCCCc1ccccn1.c1ccncc1. The number of nitrogens with zero attached hydrogens (tertiary/aromatic N) is 2. The first kappa shape index (κ1) is 12.4. The molecule has 0 N–H and O–H groups in total. The summed E-state index contributed by atoms with van der Waals surface area (Å²) in [7, 11) is 0. The molecule has 0 radical (unpaired) electrons. The minimum Gasteiger partial charge on any atom is -0.265 e. The van der Waals surface area contributed by atoms with Gasteiger partial charge in [-0.05, 0) is 37.1 Å². The molecule has 84 valence electrons. The number of aryl methyl sites for hydroxylation is 1. The van der Waals surface area contributed by atoms with Gasteiger partial charge in [-0.3, -0.25) is 9.97 Å². The number of aromatic nitrogens is 2. The second kappa shape index (κ2) is 8.60. The van der Waals surface area contributed by atoms with Crippen LogP contribution in [0.25, 0.3) is 0 Å². The molecular formula is C14H18N2. The molecule has 0 spiro atoms. The van der Waals surface area contributed by atoms with Crippen molar-refractivity contribution in [3.63, 3.8) is 0 Å². The predicted molar refractivity (Wildman–Crippen MR) is 67.1 cm³/mol. The minimum absolute atomic E-state index is 1.12. The normalized spacial score (nSPS) is 9.06. The Bertz CT molecular complexity index is 319. The number of pyridine rings is 2. The van der Waals surface area contributed by atoms with Gasteiger partial charge in [0.05, 0.1) is 0 Å². The molecule has 0 unspecified atom stereocenters. The van der Waals surface area contributed by atoms with E-state index in [1.165, 1.54) is 18.5 Å². The summed E-state index contributed by atoms with van der Waals surface area (Å²) >= 11 is 0. The lowest BCUT2D eigenvalue weighted by atomic mass is 10.2. The highest BCUT2D eigenvalue weighted by Crippen LogP contribution is 1.99. The molecule has 0 aliphatic rings. The monoisotopic (exact) mass is 214 g/mol. The summed E-state index contributed by atoms with van der Waals surface area (Å²) in [5.41, 5.74) is 1.21. The van der Waals surface area contributed by atoms with Crippen molar-refractivity contribution in [3.8, 4) is 0 Å². The lowest BCUT2D eigenvalue weighted by Crippen LogP contribution is -1.86.